The van der Waals surface area contributed by atoms with E-state index in [2.05, 4.69) is 26.6 Å². The van der Waals surface area contributed by atoms with E-state index >= 15 is 0 Å². The van der Waals surface area contributed by atoms with Gasteiger partial charge in [0.2, 0.25) is 0 Å². The third-order valence-electron chi connectivity index (χ3n) is 4.53. The number of ether oxygens (including phenoxy) is 1. The minimum atomic E-state index is -0.612. The molecule has 1 aliphatic rings. The van der Waals surface area contributed by atoms with E-state index in [1.165, 1.54) is 0 Å². The van der Waals surface area contributed by atoms with Crippen molar-refractivity contribution in [1.29, 1.82) is 0 Å². The number of nitrogens with one attached hydrogen (secondary N) is 2. The van der Waals surface area contributed by atoms with Crippen LogP contribution in [-0.2, 0) is 11.3 Å². The van der Waals surface area contributed by atoms with Crippen LogP contribution in [0.1, 0.15) is 25.3 Å². The second kappa shape index (κ2) is 9.59. The SMILES string of the molecule is CC(Oc1ccc(Br)cc1)C(=O)NCc1cccc(NC(=O)N2CCCC2)c1. The molecule has 2 aromatic carbocycles. The van der Waals surface area contributed by atoms with Gasteiger partial charge in [-0.15, -0.1) is 0 Å². The first-order chi connectivity index (χ1) is 13.5. The van der Waals surface area contributed by atoms with Crippen LogP contribution in [-0.4, -0.2) is 36.0 Å². The molecule has 1 fully saturated rings. The van der Waals surface area contributed by atoms with Crippen molar-refractivity contribution in [3.63, 3.8) is 0 Å². The summed E-state index contributed by atoms with van der Waals surface area (Å²) >= 11 is 3.37. The van der Waals surface area contributed by atoms with E-state index in [-0.39, 0.29) is 11.9 Å². The summed E-state index contributed by atoms with van der Waals surface area (Å²) in [6, 6.07) is 14.8. The number of hydrogen-bond acceptors (Lipinski definition) is 3. The van der Waals surface area contributed by atoms with E-state index in [4.69, 9.17) is 4.74 Å². The largest absolute Gasteiger partial charge is 0.481 e. The topological polar surface area (TPSA) is 70.7 Å². The zero-order valence-electron chi connectivity index (χ0n) is 15.8. The number of rotatable bonds is 6. The average molecular weight is 446 g/mol. The van der Waals surface area contributed by atoms with Crippen LogP contribution in [0.4, 0.5) is 10.5 Å². The molecule has 0 spiro atoms. The monoisotopic (exact) mass is 445 g/mol. The number of nitrogens with zero attached hydrogens (tertiary/aromatic N) is 1. The van der Waals surface area contributed by atoms with Crippen LogP contribution < -0.4 is 15.4 Å². The van der Waals surface area contributed by atoms with Crippen LogP contribution >= 0.6 is 15.9 Å². The van der Waals surface area contributed by atoms with Gasteiger partial charge in [0.25, 0.3) is 5.91 Å². The third kappa shape index (κ3) is 5.73. The number of anilines is 1. The van der Waals surface area contributed by atoms with Crippen LogP contribution in [0.3, 0.4) is 0 Å². The summed E-state index contributed by atoms with van der Waals surface area (Å²) in [5.74, 6) is 0.437. The standard InChI is InChI=1S/C21H24BrN3O3/c1-15(28-19-9-7-17(22)8-10-19)20(26)23-14-16-5-4-6-18(13-16)24-21(27)25-11-2-3-12-25/h4-10,13,15H,2-3,11-12,14H2,1H3,(H,23,26)(H,24,27). The van der Waals surface area contributed by atoms with Gasteiger partial charge in [-0.1, -0.05) is 28.1 Å². The van der Waals surface area contributed by atoms with Gasteiger partial charge in [-0.25, -0.2) is 4.79 Å². The van der Waals surface area contributed by atoms with Gasteiger partial charge < -0.3 is 20.3 Å². The maximum Gasteiger partial charge on any atom is 0.321 e. The summed E-state index contributed by atoms with van der Waals surface area (Å²) in [6.45, 7) is 3.68. The molecular weight excluding hydrogens is 422 g/mol. The first-order valence-electron chi connectivity index (χ1n) is 9.36. The number of likely N-dealkylation sites (tertiary alicyclic amines) is 1. The van der Waals surface area contributed by atoms with E-state index in [0.29, 0.717) is 12.3 Å². The van der Waals surface area contributed by atoms with Crippen LogP contribution in [0, 0.1) is 0 Å². The molecular formula is C21H24BrN3O3. The highest BCUT2D eigenvalue weighted by Crippen LogP contribution is 2.18. The quantitative estimate of drug-likeness (QED) is 0.700. The number of amides is 3. The smallest absolute Gasteiger partial charge is 0.321 e. The van der Waals surface area contributed by atoms with Crippen LogP contribution in [0.5, 0.6) is 5.75 Å². The first-order valence-corrected chi connectivity index (χ1v) is 10.2. The van der Waals surface area contributed by atoms with Crippen LogP contribution in [0.25, 0.3) is 0 Å². The second-order valence-corrected chi connectivity index (χ2v) is 7.67. The van der Waals surface area contributed by atoms with Gasteiger partial charge in [0.15, 0.2) is 6.10 Å². The average Bonchev–Trinajstić information content (AvgIpc) is 3.23. The van der Waals surface area contributed by atoms with Gasteiger partial charge in [-0.05, 0) is 61.7 Å². The predicted octanol–water partition coefficient (Wildman–Crippen LogP) is 4.16. The molecule has 1 atom stereocenters. The summed E-state index contributed by atoms with van der Waals surface area (Å²) in [7, 11) is 0. The van der Waals surface area contributed by atoms with Crippen molar-refractivity contribution >= 4 is 33.6 Å². The van der Waals surface area contributed by atoms with Gasteiger partial charge in [-0.3, -0.25) is 4.79 Å². The number of carbonyl (C=O) groups excluding carboxylic acids is 2. The normalized spacial score (nSPS) is 14.4. The highest BCUT2D eigenvalue weighted by atomic mass is 79.9. The lowest BCUT2D eigenvalue weighted by molar-refractivity contribution is -0.127. The van der Waals surface area contributed by atoms with E-state index < -0.39 is 6.10 Å². The lowest BCUT2D eigenvalue weighted by Crippen LogP contribution is -2.36. The minimum absolute atomic E-state index is 0.0739. The molecule has 0 saturated carbocycles. The van der Waals surface area contributed by atoms with Crippen LogP contribution in [0.2, 0.25) is 0 Å². The Hall–Kier alpha value is -2.54. The van der Waals surface area contributed by atoms with Crippen molar-refractivity contribution in [3.8, 4) is 5.75 Å². The molecule has 148 valence electrons. The molecule has 1 saturated heterocycles. The summed E-state index contributed by atoms with van der Waals surface area (Å²) in [4.78, 5) is 26.3. The van der Waals surface area contributed by atoms with Gasteiger partial charge in [0.1, 0.15) is 5.75 Å². The maximum atomic E-state index is 12.3. The van der Waals surface area contributed by atoms with Crippen molar-refractivity contribution < 1.29 is 14.3 Å². The Morgan fingerprint density at radius 1 is 1.14 bits per heavy atom. The Labute approximate surface area is 173 Å². The van der Waals surface area contributed by atoms with Crippen molar-refractivity contribution in [2.24, 2.45) is 0 Å². The van der Waals surface area contributed by atoms with Gasteiger partial charge >= 0.3 is 6.03 Å². The Bertz CT molecular complexity index is 820. The zero-order valence-corrected chi connectivity index (χ0v) is 17.4. The van der Waals surface area contributed by atoms with Crippen molar-refractivity contribution in [3.05, 3.63) is 58.6 Å². The Morgan fingerprint density at radius 2 is 1.86 bits per heavy atom. The zero-order chi connectivity index (χ0) is 19.9. The van der Waals surface area contributed by atoms with Crippen molar-refractivity contribution in [2.45, 2.75) is 32.4 Å². The third-order valence-corrected chi connectivity index (χ3v) is 5.06. The lowest BCUT2D eigenvalue weighted by atomic mass is 10.2. The fourth-order valence-corrected chi connectivity index (χ4v) is 3.25. The second-order valence-electron chi connectivity index (χ2n) is 6.76. The fraction of sp³-hybridized carbons (Fsp3) is 0.333. The number of carbonyl (C=O) groups is 2. The van der Waals surface area contributed by atoms with E-state index in [1.807, 2.05) is 41.3 Å². The molecule has 7 heteroatoms. The Balaban J connectivity index is 1.50. The summed E-state index contributed by atoms with van der Waals surface area (Å²) < 4.78 is 6.61. The molecule has 3 rings (SSSR count). The molecule has 1 unspecified atom stereocenters. The minimum Gasteiger partial charge on any atom is -0.481 e. The summed E-state index contributed by atoms with van der Waals surface area (Å²) in [6.07, 6.45) is 1.50. The highest BCUT2D eigenvalue weighted by molar-refractivity contribution is 9.10. The van der Waals surface area contributed by atoms with E-state index in [9.17, 15) is 9.59 Å². The molecule has 1 aliphatic heterocycles. The number of halogens is 1. The molecule has 2 N–H and O–H groups in total. The van der Waals surface area contributed by atoms with E-state index in [0.717, 1.165) is 41.7 Å². The fourth-order valence-electron chi connectivity index (χ4n) is 2.99. The molecule has 0 radical (unpaired) electrons. The molecule has 2 aromatic rings. The predicted molar refractivity (Wildman–Crippen MR) is 112 cm³/mol. The van der Waals surface area contributed by atoms with Gasteiger partial charge in [-0.2, -0.15) is 0 Å². The lowest BCUT2D eigenvalue weighted by Gasteiger charge is -2.17. The summed E-state index contributed by atoms with van der Waals surface area (Å²) in [5.41, 5.74) is 1.63. The molecule has 3 amide bonds. The number of benzene rings is 2. The number of urea groups is 1. The summed E-state index contributed by atoms with van der Waals surface area (Å²) in [5, 5.41) is 5.79. The van der Waals surface area contributed by atoms with Crippen molar-refractivity contribution in [1.82, 2.24) is 10.2 Å². The van der Waals surface area contributed by atoms with Gasteiger partial charge in [0, 0.05) is 29.8 Å². The number of hydrogen-bond donors (Lipinski definition) is 2. The molecule has 0 aliphatic carbocycles. The molecule has 0 aromatic heterocycles. The van der Waals surface area contributed by atoms with Gasteiger partial charge in [0.05, 0.1) is 0 Å². The maximum absolute atomic E-state index is 12.3. The molecule has 0 bridgehead atoms. The molecule has 1 heterocycles. The van der Waals surface area contributed by atoms with E-state index in [1.54, 1.807) is 19.1 Å². The molecule has 6 nitrogen and oxygen atoms in total. The highest BCUT2D eigenvalue weighted by Gasteiger charge is 2.18. The molecule has 28 heavy (non-hydrogen) atoms. The van der Waals surface area contributed by atoms with Crippen molar-refractivity contribution in [2.75, 3.05) is 18.4 Å². The Kier molecular flexibility index (Phi) is 6.92. The Morgan fingerprint density at radius 3 is 2.57 bits per heavy atom. The first kappa shape index (κ1) is 20.2. The van der Waals surface area contributed by atoms with Crippen LogP contribution in [0.15, 0.2) is 53.0 Å².